The van der Waals surface area contributed by atoms with Crippen molar-refractivity contribution in [3.63, 3.8) is 0 Å². The zero-order valence-electron chi connectivity index (χ0n) is 10.2. The van der Waals surface area contributed by atoms with Crippen LogP contribution in [0.15, 0.2) is 12.1 Å². The number of ether oxygens (including phenoxy) is 2. The molecule has 2 aromatic rings. The Bertz CT molecular complexity index is 633. The second kappa shape index (κ2) is 3.90. The highest BCUT2D eigenvalue weighted by Gasteiger charge is 2.20. The van der Waals surface area contributed by atoms with E-state index >= 15 is 0 Å². The average molecular weight is 247 g/mol. The summed E-state index contributed by atoms with van der Waals surface area (Å²) in [5, 5.41) is 2.76. The molecule has 1 aliphatic rings. The minimum atomic E-state index is -0.00302. The largest absolute Gasteiger partial charge is 0.493 e. The molecule has 1 aliphatic heterocycles. The topological polar surface area (TPSA) is 65.4 Å². The Kier molecular flexibility index (Phi) is 2.36. The van der Waals surface area contributed by atoms with Crippen molar-refractivity contribution in [1.29, 1.82) is 0 Å². The van der Waals surface area contributed by atoms with Crippen molar-refractivity contribution in [3.05, 3.63) is 12.1 Å². The van der Waals surface area contributed by atoms with E-state index in [1.54, 1.807) is 14.2 Å². The number of fused-ring (bicyclic) bond motifs is 3. The normalized spacial score (nSPS) is 14.2. The molecule has 0 fully saturated rings. The minimum absolute atomic E-state index is 0.00302. The number of imidazole rings is 1. The number of methoxy groups -OCH3 is 2. The van der Waals surface area contributed by atoms with Crippen LogP contribution < -0.4 is 14.8 Å². The molecule has 0 radical (unpaired) electrons. The van der Waals surface area contributed by atoms with E-state index in [4.69, 9.17) is 9.47 Å². The van der Waals surface area contributed by atoms with Gasteiger partial charge in [0.05, 0.1) is 25.3 Å². The van der Waals surface area contributed by atoms with E-state index in [0.717, 1.165) is 11.0 Å². The number of aryl methyl sites for hydroxylation is 1. The van der Waals surface area contributed by atoms with E-state index in [1.807, 2.05) is 16.7 Å². The molecule has 1 aromatic heterocycles. The van der Waals surface area contributed by atoms with Crippen molar-refractivity contribution >= 4 is 22.9 Å². The molecule has 1 amide bonds. The van der Waals surface area contributed by atoms with Gasteiger partial charge in [-0.25, -0.2) is 4.98 Å². The van der Waals surface area contributed by atoms with Crippen LogP contribution in [-0.2, 0) is 11.3 Å². The second-order valence-electron chi connectivity index (χ2n) is 4.08. The van der Waals surface area contributed by atoms with Gasteiger partial charge in [0, 0.05) is 25.1 Å². The van der Waals surface area contributed by atoms with Gasteiger partial charge >= 0.3 is 0 Å². The molecule has 0 saturated carbocycles. The molecule has 94 valence electrons. The van der Waals surface area contributed by atoms with Gasteiger partial charge in [-0.1, -0.05) is 0 Å². The summed E-state index contributed by atoms with van der Waals surface area (Å²) in [6.07, 6.45) is 0.465. The van der Waals surface area contributed by atoms with Gasteiger partial charge < -0.3 is 14.0 Å². The first-order valence-corrected chi connectivity index (χ1v) is 5.65. The number of nitrogens with one attached hydrogen (secondary N) is 1. The number of hydrogen-bond acceptors (Lipinski definition) is 4. The average Bonchev–Trinajstić information content (AvgIpc) is 2.73. The SMILES string of the molecule is COc1cc2nc3n(c2cc1OC)CCC(=O)N3. The molecule has 0 unspecified atom stereocenters. The molecule has 6 nitrogen and oxygen atoms in total. The van der Waals surface area contributed by atoms with E-state index in [-0.39, 0.29) is 5.91 Å². The number of benzene rings is 1. The first-order valence-electron chi connectivity index (χ1n) is 5.65. The standard InChI is InChI=1S/C12H13N3O3/c1-17-9-5-7-8(6-10(9)18-2)15-4-3-11(16)14-12(15)13-7/h5-6H,3-4H2,1-2H3,(H,13,14,16). The Morgan fingerprint density at radius 1 is 1.28 bits per heavy atom. The van der Waals surface area contributed by atoms with Gasteiger partial charge in [0.25, 0.3) is 0 Å². The van der Waals surface area contributed by atoms with E-state index in [1.165, 1.54) is 0 Å². The highest BCUT2D eigenvalue weighted by molar-refractivity contribution is 5.93. The summed E-state index contributed by atoms with van der Waals surface area (Å²) < 4.78 is 12.5. The predicted octanol–water partition coefficient (Wildman–Crippen LogP) is 1.40. The third-order valence-electron chi connectivity index (χ3n) is 3.07. The van der Waals surface area contributed by atoms with E-state index in [0.29, 0.717) is 30.4 Å². The summed E-state index contributed by atoms with van der Waals surface area (Å²) in [6, 6.07) is 3.69. The van der Waals surface area contributed by atoms with Gasteiger partial charge in [-0.05, 0) is 0 Å². The molecular formula is C12H13N3O3. The van der Waals surface area contributed by atoms with Crippen LogP contribution in [0.5, 0.6) is 11.5 Å². The molecule has 2 heterocycles. The van der Waals surface area contributed by atoms with Crippen molar-refractivity contribution in [2.75, 3.05) is 19.5 Å². The van der Waals surface area contributed by atoms with Gasteiger partial charge in [-0.3, -0.25) is 10.1 Å². The molecule has 6 heteroatoms. The summed E-state index contributed by atoms with van der Waals surface area (Å²) in [4.78, 5) is 15.7. The fraction of sp³-hybridized carbons (Fsp3) is 0.333. The van der Waals surface area contributed by atoms with Crippen LogP contribution in [0, 0.1) is 0 Å². The number of carbonyl (C=O) groups is 1. The number of hydrogen-bond donors (Lipinski definition) is 1. The Morgan fingerprint density at radius 2 is 2.00 bits per heavy atom. The zero-order chi connectivity index (χ0) is 12.7. The first-order chi connectivity index (χ1) is 8.72. The maximum atomic E-state index is 11.3. The van der Waals surface area contributed by atoms with Crippen molar-refractivity contribution in [3.8, 4) is 11.5 Å². The lowest BCUT2D eigenvalue weighted by Crippen LogP contribution is -2.23. The Morgan fingerprint density at radius 3 is 2.72 bits per heavy atom. The van der Waals surface area contributed by atoms with Crippen molar-refractivity contribution in [2.45, 2.75) is 13.0 Å². The summed E-state index contributed by atoms with van der Waals surface area (Å²) in [7, 11) is 3.18. The number of amides is 1. The van der Waals surface area contributed by atoms with Gasteiger partial charge in [0.1, 0.15) is 0 Å². The van der Waals surface area contributed by atoms with Gasteiger partial charge in [0.2, 0.25) is 11.9 Å². The Hall–Kier alpha value is -2.24. The Labute approximate surface area is 104 Å². The van der Waals surface area contributed by atoms with Gasteiger partial charge in [0.15, 0.2) is 11.5 Å². The zero-order valence-corrected chi connectivity index (χ0v) is 10.2. The smallest absolute Gasteiger partial charge is 0.228 e. The summed E-state index contributed by atoms with van der Waals surface area (Å²) in [5.41, 5.74) is 1.72. The fourth-order valence-electron chi connectivity index (χ4n) is 2.17. The maximum Gasteiger partial charge on any atom is 0.228 e. The Balaban J connectivity index is 2.23. The molecule has 3 rings (SSSR count). The maximum absolute atomic E-state index is 11.3. The molecule has 0 saturated heterocycles. The molecule has 18 heavy (non-hydrogen) atoms. The van der Waals surface area contributed by atoms with Crippen molar-refractivity contribution < 1.29 is 14.3 Å². The van der Waals surface area contributed by atoms with Crippen LogP contribution in [0.2, 0.25) is 0 Å². The van der Waals surface area contributed by atoms with Crippen LogP contribution in [0.4, 0.5) is 5.95 Å². The third kappa shape index (κ3) is 1.49. The monoisotopic (exact) mass is 247 g/mol. The molecule has 1 N–H and O–H groups in total. The highest BCUT2D eigenvalue weighted by Crippen LogP contribution is 2.34. The number of nitrogens with zero attached hydrogens (tertiary/aromatic N) is 2. The van der Waals surface area contributed by atoms with Crippen molar-refractivity contribution in [2.24, 2.45) is 0 Å². The molecule has 0 spiro atoms. The predicted molar refractivity (Wildman–Crippen MR) is 66.1 cm³/mol. The summed E-state index contributed by atoms with van der Waals surface area (Å²) in [5.74, 6) is 1.87. The summed E-state index contributed by atoms with van der Waals surface area (Å²) >= 11 is 0. The molecule has 0 aliphatic carbocycles. The van der Waals surface area contributed by atoms with Gasteiger partial charge in [-0.2, -0.15) is 0 Å². The van der Waals surface area contributed by atoms with E-state index in [2.05, 4.69) is 10.3 Å². The third-order valence-corrected chi connectivity index (χ3v) is 3.07. The lowest BCUT2D eigenvalue weighted by molar-refractivity contribution is -0.116. The number of rotatable bonds is 2. The quantitative estimate of drug-likeness (QED) is 0.871. The van der Waals surface area contributed by atoms with E-state index in [9.17, 15) is 4.79 Å². The number of anilines is 1. The van der Waals surface area contributed by atoms with Crippen molar-refractivity contribution in [1.82, 2.24) is 9.55 Å². The lowest BCUT2D eigenvalue weighted by Gasteiger charge is -2.15. The molecule has 1 aromatic carbocycles. The second-order valence-corrected chi connectivity index (χ2v) is 4.08. The minimum Gasteiger partial charge on any atom is -0.493 e. The van der Waals surface area contributed by atoms with Crippen LogP contribution in [0.25, 0.3) is 11.0 Å². The van der Waals surface area contributed by atoms with Crippen LogP contribution in [0.1, 0.15) is 6.42 Å². The van der Waals surface area contributed by atoms with Crippen LogP contribution in [0.3, 0.4) is 0 Å². The van der Waals surface area contributed by atoms with Crippen LogP contribution in [-0.4, -0.2) is 29.7 Å². The van der Waals surface area contributed by atoms with Crippen LogP contribution >= 0.6 is 0 Å². The number of aromatic nitrogens is 2. The molecule has 0 atom stereocenters. The highest BCUT2D eigenvalue weighted by atomic mass is 16.5. The molecule has 0 bridgehead atoms. The number of carbonyl (C=O) groups excluding carboxylic acids is 1. The van der Waals surface area contributed by atoms with E-state index < -0.39 is 0 Å². The van der Waals surface area contributed by atoms with Gasteiger partial charge in [-0.15, -0.1) is 0 Å². The molecular weight excluding hydrogens is 234 g/mol. The summed E-state index contributed by atoms with van der Waals surface area (Å²) in [6.45, 7) is 0.632. The lowest BCUT2D eigenvalue weighted by atomic mass is 10.2. The fourth-order valence-corrected chi connectivity index (χ4v) is 2.17. The first kappa shape index (κ1) is 10.9.